The summed E-state index contributed by atoms with van der Waals surface area (Å²) in [4.78, 5) is 4.05. The highest BCUT2D eigenvalue weighted by atomic mass is 79.9. The van der Waals surface area contributed by atoms with Gasteiger partial charge in [-0.3, -0.25) is 0 Å². The quantitative estimate of drug-likeness (QED) is 0.890. The minimum atomic E-state index is 0.135. The van der Waals surface area contributed by atoms with E-state index in [1.165, 1.54) is 14.6 Å². The maximum atomic E-state index is 6.21. The van der Waals surface area contributed by atoms with Gasteiger partial charge in [0.05, 0.1) is 0 Å². The molecule has 1 nitrogen and oxygen atoms in total. The fourth-order valence-electron chi connectivity index (χ4n) is 1.56. The largest absolute Gasteiger partial charge is 0.323 e. The van der Waals surface area contributed by atoms with E-state index >= 15 is 0 Å². The van der Waals surface area contributed by atoms with Gasteiger partial charge < -0.3 is 5.73 Å². The minimum absolute atomic E-state index is 0.135. The molecule has 2 aromatic rings. The second kappa shape index (κ2) is 5.45. The van der Waals surface area contributed by atoms with Crippen molar-refractivity contribution < 1.29 is 0 Å². The molecule has 0 spiro atoms. The van der Waals surface area contributed by atoms with Crippen LogP contribution in [0.25, 0.3) is 0 Å². The fourth-order valence-corrected chi connectivity index (χ4v) is 4.03. The van der Waals surface area contributed by atoms with Crippen molar-refractivity contribution in [2.45, 2.75) is 25.8 Å². The Labute approximate surface area is 112 Å². The van der Waals surface area contributed by atoms with Crippen molar-refractivity contribution in [2.24, 2.45) is 5.73 Å². The Kier molecular flexibility index (Phi) is 4.19. The first-order valence-electron chi connectivity index (χ1n) is 5.26. The Balaban J connectivity index is 2.05. The molecule has 0 aliphatic heterocycles. The van der Waals surface area contributed by atoms with Crippen LogP contribution >= 0.6 is 38.6 Å². The van der Waals surface area contributed by atoms with Gasteiger partial charge in [0.25, 0.3) is 0 Å². The van der Waals surface area contributed by atoms with Crippen molar-refractivity contribution in [2.75, 3.05) is 0 Å². The van der Waals surface area contributed by atoms with E-state index in [0.717, 1.165) is 17.3 Å². The first-order chi connectivity index (χ1) is 7.69. The molecule has 0 saturated heterocycles. The third-order valence-electron chi connectivity index (χ3n) is 2.44. The summed E-state index contributed by atoms with van der Waals surface area (Å²) in [5.74, 6) is 0. The van der Waals surface area contributed by atoms with Crippen LogP contribution < -0.4 is 5.73 Å². The standard InChI is InChI=1S/C12H14BrNS2/c1-2-9-3-4-12(16-9)11(14)6-10-5-8(13)7-15-10/h3-5,7,11H,2,6,14H2,1H3. The lowest BCUT2D eigenvalue weighted by atomic mass is 10.1. The predicted octanol–water partition coefficient (Wildman–Crippen LogP) is 4.38. The maximum Gasteiger partial charge on any atom is 0.0438 e. The lowest BCUT2D eigenvalue weighted by Gasteiger charge is -2.07. The summed E-state index contributed by atoms with van der Waals surface area (Å²) >= 11 is 7.06. The third-order valence-corrected chi connectivity index (χ3v) is 5.52. The van der Waals surface area contributed by atoms with Crippen molar-refractivity contribution in [3.63, 3.8) is 0 Å². The normalized spacial score (nSPS) is 12.9. The van der Waals surface area contributed by atoms with Crippen LogP contribution in [0, 0.1) is 0 Å². The highest BCUT2D eigenvalue weighted by Crippen LogP contribution is 2.28. The molecule has 0 aliphatic rings. The molecule has 16 heavy (non-hydrogen) atoms. The lowest BCUT2D eigenvalue weighted by molar-refractivity contribution is 0.745. The van der Waals surface area contributed by atoms with E-state index in [-0.39, 0.29) is 6.04 Å². The van der Waals surface area contributed by atoms with Crippen molar-refractivity contribution in [1.82, 2.24) is 0 Å². The number of halogens is 1. The summed E-state index contributed by atoms with van der Waals surface area (Å²) in [7, 11) is 0. The molecule has 86 valence electrons. The number of thiophene rings is 2. The molecule has 0 radical (unpaired) electrons. The van der Waals surface area contributed by atoms with E-state index in [2.05, 4.69) is 46.4 Å². The molecule has 0 aliphatic carbocycles. The van der Waals surface area contributed by atoms with Gasteiger partial charge in [0.15, 0.2) is 0 Å². The average Bonchev–Trinajstić information content (AvgIpc) is 2.87. The van der Waals surface area contributed by atoms with Gasteiger partial charge in [-0.1, -0.05) is 6.92 Å². The highest BCUT2D eigenvalue weighted by molar-refractivity contribution is 9.10. The zero-order valence-corrected chi connectivity index (χ0v) is 12.3. The van der Waals surface area contributed by atoms with E-state index in [1.807, 2.05) is 11.3 Å². The van der Waals surface area contributed by atoms with E-state index < -0.39 is 0 Å². The molecule has 2 heterocycles. The summed E-state index contributed by atoms with van der Waals surface area (Å²) in [5.41, 5.74) is 6.21. The smallest absolute Gasteiger partial charge is 0.0438 e. The predicted molar refractivity (Wildman–Crippen MR) is 76.3 cm³/mol. The van der Waals surface area contributed by atoms with Crippen molar-refractivity contribution >= 4 is 38.6 Å². The number of rotatable bonds is 4. The van der Waals surface area contributed by atoms with Crippen LogP contribution in [-0.2, 0) is 12.8 Å². The van der Waals surface area contributed by atoms with Crippen LogP contribution in [0.5, 0.6) is 0 Å². The van der Waals surface area contributed by atoms with Gasteiger partial charge in [0.2, 0.25) is 0 Å². The molecular weight excluding hydrogens is 302 g/mol. The molecular formula is C12H14BrNS2. The van der Waals surface area contributed by atoms with Gasteiger partial charge in [-0.2, -0.15) is 0 Å². The van der Waals surface area contributed by atoms with Crippen LogP contribution in [0.1, 0.15) is 27.6 Å². The van der Waals surface area contributed by atoms with E-state index in [0.29, 0.717) is 0 Å². The Morgan fingerprint density at radius 3 is 2.75 bits per heavy atom. The van der Waals surface area contributed by atoms with Crippen LogP contribution in [0.2, 0.25) is 0 Å². The average molecular weight is 316 g/mol. The Morgan fingerprint density at radius 2 is 2.19 bits per heavy atom. The molecule has 2 rings (SSSR count). The van der Waals surface area contributed by atoms with Gasteiger partial charge in [-0.15, -0.1) is 22.7 Å². The first kappa shape index (κ1) is 12.3. The molecule has 1 unspecified atom stereocenters. The summed E-state index contributed by atoms with van der Waals surface area (Å²) in [6.45, 7) is 2.18. The summed E-state index contributed by atoms with van der Waals surface area (Å²) in [6.07, 6.45) is 2.03. The zero-order chi connectivity index (χ0) is 11.5. The minimum Gasteiger partial charge on any atom is -0.323 e. The molecule has 2 aromatic heterocycles. The summed E-state index contributed by atoms with van der Waals surface area (Å²) in [6, 6.07) is 6.63. The number of hydrogen-bond acceptors (Lipinski definition) is 3. The third kappa shape index (κ3) is 2.94. The number of nitrogens with two attached hydrogens (primary N) is 1. The van der Waals surface area contributed by atoms with Crippen LogP contribution in [0.15, 0.2) is 28.1 Å². The highest BCUT2D eigenvalue weighted by Gasteiger charge is 2.10. The van der Waals surface area contributed by atoms with E-state index in [4.69, 9.17) is 5.73 Å². The van der Waals surface area contributed by atoms with Gasteiger partial charge in [0, 0.05) is 36.9 Å². The summed E-state index contributed by atoms with van der Waals surface area (Å²) in [5, 5.41) is 2.11. The SMILES string of the molecule is CCc1ccc(C(N)Cc2cc(Br)cs2)s1. The Hall–Kier alpha value is -0.160. The molecule has 1 atom stereocenters. The molecule has 0 fully saturated rings. The molecule has 0 saturated carbocycles. The van der Waals surface area contributed by atoms with Crippen molar-refractivity contribution in [1.29, 1.82) is 0 Å². The Morgan fingerprint density at radius 1 is 1.38 bits per heavy atom. The lowest BCUT2D eigenvalue weighted by Crippen LogP contribution is -2.10. The van der Waals surface area contributed by atoms with Gasteiger partial charge >= 0.3 is 0 Å². The monoisotopic (exact) mass is 315 g/mol. The van der Waals surface area contributed by atoms with Gasteiger partial charge in [-0.25, -0.2) is 0 Å². The Bertz CT molecular complexity index is 461. The van der Waals surface area contributed by atoms with Crippen LogP contribution in [0.4, 0.5) is 0 Å². The molecule has 0 bridgehead atoms. The van der Waals surface area contributed by atoms with Crippen molar-refractivity contribution in [3.05, 3.63) is 42.7 Å². The molecule has 4 heteroatoms. The van der Waals surface area contributed by atoms with Crippen LogP contribution in [0.3, 0.4) is 0 Å². The molecule has 0 amide bonds. The number of aryl methyl sites for hydroxylation is 1. The molecule has 0 aromatic carbocycles. The van der Waals surface area contributed by atoms with Crippen LogP contribution in [-0.4, -0.2) is 0 Å². The van der Waals surface area contributed by atoms with Crippen molar-refractivity contribution in [3.8, 4) is 0 Å². The van der Waals surface area contributed by atoms with Gasteiger partial charge in [-0.05, 0) is 40.5 Å². The second-order valence-electron chi connectivity index (χ2n) is 3.70. The second-order valence-corrected chi connectivity index (χ2v) is 6.81. The fraction of sp³-hybridized carbons (Fsp3) is 0.333. The molecule has 2 N–H and O–H groups in total. The maximum absolute atomic E-state index is 6.21. The van der Waals surface area contributed by atoms with E-state index in [1.54, 1.807) is 11.3 Å². The zero-order valence-electron chi connectivity index (χ0n) is 9.07. The first-order valence-corrected chi connectivity index (χ1v) is 7.75. The van der Waals surface area contributed by atoms with Gasteiger partial charge in [0.1, 0.15) is 0 Å². The number of hydrogen-bond donors (Lipinski definition) is 1. The summed E-state index contributed by atoms with van der Waals surface area (Å²) < 4.78 is 1.15. The topological polar surface area (TPSA) is 26.0 Å². The van der Waals surface area contributed by atoms with E-state index in [9.17, 15) is 0 Å².